The van der Waals surface area contributed by atoms with Crippen molar-refractivity contribution in [3.63, 3.8) is 0 Å². The molecule has 0 saturated carbocycles. The molecule has 0 fully saturated rings. The van der Waals surface area contributed by atoms with E-state index in [-0.39, 0.29) is 25.5 Å². The van der Waals surface area contributed by atoms with Crippen molar-refractivity contribution in [3.05, 3.63) is 54.1 Å². The molecule has 1 aliphatic heterocycles. The number of hydrogen-bond acceptors (Lipinski definition) is 5. The molecule has 2 aromatic carbocycles. The van der Waals surface area contributed by atoms with E-state index in [0.717, 1.165) is 16.1 Å². The third-order valence-electron chi connectivity index (χ3n) is 4.05. The van der Waals surface area contributed by atoms with Gasteiger partial charge in [-0.25, -0.2) is 0 Å². The van der Waals surface area contributed by atoms with E-state index in [1.165, 1.54) is 11.8 Å². The summed E-state index contributed by atoms with van der Waals surface area (Å²) in [4.78, 5) is 38.6. The lowest BCUT2D eigenvalue weighted by molar-refractivity contribution is -0.147. The lowest BCUT2D eigenvalue weighted by Gasteiger charge is -2.28. The van der Waals surface area contributed by atoms with Crippen molar-refractivity contribution in [3.8, 4) is 0 Å². The Morgan fingerprint density at radius 2 is 1.89 bits per heavy atom. The molecular weight excluding hydrogens is 364 g/mol. The quantitative estimate of drug-likeness (QED) is 0.775. The molecule has 0 unspecified atom stereocenters. The van der Waals surface area contributed by atoms with Gasteiger partial charge in [0.15, 0.2) is 6.61 Å². The SMILES string of the molecule is Cc1ccc(NC(=O)COC(=O)CCN2C(=O)CSc3ccccc32)cc1. The molecule has 1 heterocycles. The third-order valence-corrected chi connectivity index (χ3v) is 5.09. The van der Waals surface area contributed by atoms with E-state index >= 15 is 0 Å². The summed E-state index contributed by atoms with van der Waals surface area (Å²) in [6, 6.07) is 14.9. The number of anilines is 2. The van der Waals surface area contributed by atoms with Crippen molar-refractivity contribution in [2.75, 3.05) is 29.1 Å². The van der Waals surface area contributed by atoms with Gasteiger partial charge in [0.05, 0.1) is 17.9 Å². The maximum absolute atomic E-state index is 12.2. The molecule has 1 aliphatic rings. The number of thioether (sulfide) groups is 1. The predicted octanol–water partition coefficient (Wildman–Crippen LogP) is 3.01. The minimum Gasteiger partial charge on any atom is -0.456 e. The van der Waals surface area contributed by atoms with Crippen molar-refractivity contribution >= 4 is 40.9 Å². The Hall–Kier alpha value is -2.80. The largest absolute Gasteiger partial charge is 0.456 e. The molecule has 0 spiro atoms. The molecule has 0 atom stereocenters. The molecule has 0 bridgehead atoms. The maximum atomic E-state index is 12.2. The number of rotatable bonds is 6. The van der Waals surface area contributed by atoms with Crippen molar-refractivity contribution in [1.29, 1.82) is 0 Å². The summed E-state index contributed by atoms with van der Waals surface area (Å²) in [6.45, 7) is 1.83. The second-order valence-corrected chi connectivity index (χ2v) is 7.14. The molecule has 7 heteroatoms. The maximum Gasteiger partial charge on any atom is 0.308 e. The first-order valence-corrected chi connectivity index (χ1v) is 9.56. The Kier molecular flexibility index (Phi) is 6.13. The smallest absolute Gasteiger partial charge is 0.308 e. The van der Waals surface area contributed by atoms with Crippen molar-refractivity contribution in [2.45, 2.75) is 18.2 Å². The minimum absolute atomic E-state index is 0.0303. The Morgan fingerprint density at radius 3 is 2.67 bits per heavy atom. The highest BCUT2D eigenvalue weighted by molar-refractivity contribution is 8.00. The van der Waals surface area contributed by atoms with Gasteiger partial charge in [-0.15, -0.1) is 11.8 Å². The molecule has 27 heavy (non-hydrogen) atoms. The normalized spacial score (nSPS) is 13.1. The number of hydrogen-bond donors (Lipinski definition) is 1. The average molecular weight is 384 g/mol. The van der Waals surface area contributed by atoms with Crippen LogP contribution >= 0.6 is 11.8 Å². The zero-order valence-corrected chi connectivity index (χ0v) is 15.8. The molecule has 140 valence electrons. The Labute approximate surface area is 161 Å². The first-order chi connectivity index (χ1) is 13.0. The number of ether oxygens (including phenoxy) is 1. The summed E-state index contributed by atoms with van der Waals surface area (Å²) < 4.78 is 5.02. The van der Waals surface area contributed by atoms with Crippen LogP contribution in [0.25, 0.3) is 0 Å². The highest BCUT2D eigenvalue weighted by Crippen LogP contribution is 2.34. The number of nitrogens with one attached hydrogen (secondary N) is 1. The van der Waals surface area contributed by atoms with Crippen LogP contribution < -0.4 is 10.2 Å². The average Bonchev–Trinajstić information content (AvgIpc) is 2.67. The van der Waals surface area contributed by atoms with Crippen LogP contribution in [0.2, 0.25) is 0 Å². The minimum atomic E-state index is -0.516. The number of carbonyl (C=O) groups excluding carboxylic acids is 3. The summed E-state index contributed by atoms with van der Waals surface area (Å²) in [5.41, 5.74) is 2.55. The van der Waals surface area contributed by atoms with E-state index < -0.39 is 11.9 Å². The second-order valence-electron chi connectivity index (χ2n) is 6.13. The summed E-state index contributed by atoms with van der Waals surface area (Å²) in [5.74, 6) is -0.602. The first-order valence-electron chi connectivity index (χ1n) is 8.57. The van der Waals surface area contributed by atoms with Crippen LogP contribution in [0, 0.1) is 6.92 Å². The van der Waals surface area contributed by atoms with Gasteiger partial charge in [-0.3, -0.25) is 14.4 Å². The number of aryl methyl sites for hydroxylation is 1. The van der Waals surface area contributed by atoms with Gasteiger partial charge in [-0.1, -0.05) is 29.8 Å². The van der Waals surface area contributed by atoms with E-state index in [1.807, 2.05) is 43.3 Å². The summed E-state index contributed by atoms with van der Waals surface area (Å²) >= 11 is 1.49. The lowest BCUT2D eigenvalue weighted by Crippen LogP contribution is -2.37. The van der Waals surface area contributed by atoms with E-state index in [0.29, 0.717) is 11.4 Å². The van der Waals surface area contributed by atoms with Gasteiger partial charge in [0.1, 0.15) is 0 Å². The van der Waals surface area contributed by atoms with E-state index in [4.69, 9.17) is 4.74 Å². The van der Waals surface area contributed by atoms with Gasteiger partial charge in [0.25, 0.3) is 5.91 Å². The zero-order chi connectivity index (χ0) is 19.2. The standard InChI is InChI=1S/C20H20N2O4S/c1-14-6-8-15(9-7-14)21-18(23)12-26-20(25)10-11-22-16-4-2-3-5-17(16)27-13-19(22)24/h2-9H,10-13H2,1H3,(H,21,23). The number of benzene rings is 2. The van der Waals surface area contributed by atoms with Crippen LogP contribution in [-0.2, 0) is 19.1 Å². The van der Waals surface area contributed by atoms with E-state index in [9.17, 15) is 14.4 Å². The number of carbonyl (C=O) groups is 3. The van der Waals surface area contributed by atoms with Crippen LogP contribution in [0.5, 0.6) is 0 Å². The third kappa shape index (κ3) is 5.10. The fourth-order valence-corrected chi connectivity index (χ4v) is 3.59. The number of nitrogens with zero attached hydrogens (tertiary/aromatic N) is 1. The van der Waals surface area contributed by atoms with Gasteiger partial charge in [0.2, 0.25) is 5.91 Å². The molecule has 3 rings (SSSR count). The van der Waals surface area contributed by atoms with Gasteiger partial charge in [-0.05, 0) is 31.2 Å². The van der Waals surface area contributed by atoms with Gasteiger partial charge in [-0.2, -0.15) is 0 Å². The van der Waals surface area contributed by atoms with Crippen LogP contribution in [0.15, 0.2) is 53.4 Å². The van der Waals surface area contributed by atoms with Crippen LogP contribution in [0.4, 0.5) is 11.4 Å². The monoisotopic (exact) mass is 384 g/mol. The van der Waals surface area contributed by atoms with Crippen molar-refractivity contribution in [2.24, 2.45) is 0 Å². The molecule has 2 amide bonds. The van der Waals surface area contributed by atoms with Crippen molar-refractivity contribution < 1.29 is 19.1 Å². The number of amides is 2. The van der Waals surface area contributed by atoms with E-state index in [2.05, 4.69) is 5.32 Å². The zero-order valence-electron chi connectivity index (χ0n) is 14.9. The first kappa shape index (κ1) is 19.0. The summed E-state index contributed by atoms with van der Waals surface area (Å²) in [5, 5.41) is 2.67. The Bertz CT molecular complexity index is 851. The van der Waals surface area contributed by atoms with Crippen LogP contribution in [0.1, 0.15) is 12.0 Å². The highest BCUT2D eigenvalue weighted by Gasteiger charge is 2.24. The Balaban J connectivity index is 1.46. The molecule has 1 N–H and O–H groups in total. The molecule has 6 nitrogen and oxygen atoms in total. The topological polar surface area (TPSA) is 75.7 Å². The number of esters is 1. The number of fused-ring (bicyclic) bond motifs is 1. The highest BCUT2D eigenvalue weighted by atomic mass is 32.2. The van der Waals surface area contributed by atoms with E-state index in [1.54, 1.807) is 17.0 Å². The van der Waals surface area contributed by atoms with Crippen LogP contribution in [-0.4, -0.2) is 36.7 Å². The molecule has 2 aromatic rings. The number of para-hydroxylation sites is 1. The Morgan fingerprint density at radius 1 is 1.15 bits per heavy atom. The summed E-state index contributed by atoms with van der Waals surface area (Å²) in [6.07, 6.45) is 0.0303. The fraction of sp³-hybridized carbons (Fsp3) is 0.250. The summed E-state index contributed by atoms with van der Waals surface area (Å²) in [7, 11) is 0. The van der Waals surface area contributed by atoms with Gasteiger partial charge >= 0.3 is 5.97 Å². The molecule has 0 aromatic heterocycles. The predicted molar refractivity (Wildman–Crippen MR) is 105 cm³/mol. The van der Waals surface area contributed by atoms with Crippen molar-refractivity contribution in [1.82, 2.24) is 0 Å². The molecular formula is C20H20N2O4S. The second kappa shape index (κ2) is 8.73. The van der Waals surface area contributed by atoms with Gasteiger partial charge < -0.3 is 15.0 Å². The lowest BCUT2D eigenvalue weighted by atomic mass is 10.2. The molecule has 0 radical (unpaired) electrons. The van der Waals surface area contributed by atoms with Gasteiger partial charge in [0, 0.05) is 17.1 Å². The fourth-order valence-electron chi connectivity index (χ4n) is 2.65. The molecule has 0 aliphatic carbocycles. The molecule has 0 saturated heterocycles. The van der Waals surface area contributed by atoms with Crippen LogP contribution in [0.3, 0.4) is 0 Å².